The lowest BCUT2D eigenvalue weighted by molar-refractivity contribution is -0.146. The van der Waals surface area contributed by atoms with E-state index < -0.39 is 11.9 Å². The number of ether oxygens (including phenoxy) is 2. The van der Waals surface area contributed by atoms with Gasteiger partial charge in [-0.25, -0.2) is 9.59 Å². The maximum atomic E-state index is 12.7. The number of fused-ring (bicyclic) bond motifs is 2. The summed E-state index contributed by atoms with van der Waals surface area (Å²) in [7, 11) is 0. The monoisotopic (exact) mass is 361 g/mol. The molecule has 136 valence electrons. The Balaban J connectivity index is 2.38. The van der Waals surface area contributed by atoms with Gasteiger partial charge in [0, 0.05) is 5.57 Å². The van der Waals surface area contributed by atoms with Crippen molar-refractivity contribution < 1.29 is 19.1 Å². The number of benzene rings is 2. The molecule has 1 aliphatic rings. The van der Waals surface area contributed by atoms with Crippen LogP contribution in [0.1, 0.15) is 41.7 Å². The largest absolute Gasteiger partial charge is 0.462 e. The predicted molar refractivity (Wildman–Crippen MR) is 99.7 cm³/mol. The highest BCUT2D eigenvalue weighted by Crippen LogP contribution is 2.39. The van der Waals surface area contributed by atoms with E-state index in [0.29, 0.717) is 23.1 Å². The van der Waals surface area contributed by atoms with Gasteiger partial charge >= 0.3 is 11.9 Å². The van der Waals surface area contributed by atoms with Crippen LogP contribution >= 0.6 is 0 Å². The molecule has 0 saturated heterocycles. The molecule has 0 bridgehead atoms. The fourth-order valence-electron chi connectivity index (χ4n) is 3.33. The Bertz CT molecular complexity index is 962. The van der Waals surface area contributed by atoms with Crippen LogP contribution < -0.4 is 0 Å². The van der Waals surface area contributed by atoms with Crippen molar-refractivity contribution in [3.05, 3.63) is 75.9 Å². The third-order valence-electron chi connectivity index (χ3n) is 4.43. The maximum Gasteiger partial charge on any atom is 0.346 e. The smallest absolute Gasteiger partial charge is 0.346 e. The van der Waals surface area contributed by atoms with Crippen LogP contribution in [0.4, 0.5) is 0 Å². The average Bonchev–Trinajstić information content (AvgIpc) is 2.67. The van der Waals surface area contributed by atoms with Crippen LogP contribution in [0.25, 0.3) is 5.57 Å². The van der Waals surface area contributed by atoms with Crippen molar-refractivity contribution in [2.24, 2.45) is 0 Å². The van der Waals surface area contributed by atoms with Crippen LogP contribution in [0.15, 0.2) is 48.0 Å². The first-order chi connectivity index (χ1) is 13.1. The van der Waals surface area contributed by atoms with E-state index in [1.807, 2.05) is 30.3 Å². The lowest BCUT2D eigenvalue weighted by Gasteiger charge is -2.25. The van der Waals surface area contributed by atoms with Crippen LogP contribution in [-0.2, 0) is 25.5 Å². The van der Waals surface area contributed by atoms with E-state index in [-0.39, 0.29) is 18.8 Å². The zero-order valence-electron chi connectivity index (χ0n) is 15.2. The molecule has 0 aliphatic heterocycles. The first-order valence-corrected chi connectivity index (χ1v) is 8.81. The third kappa shape index (κ3) is 3.34. The van der Waals surface area contributed by atoms with Crippen LogP contribution in [0.2, 0.25) is 0 Å². The number of nitriles is 1. The summed E-state index contributed by atoms with van der Waals surface area (Å²) in [6, 6.07) is 15.0. The first-order valence-electron chi connectivity index (χ1n) is 8.81. The molecular formula is C22H19NO4. The van der Waals surface area contributed by atoms with Gasteiger partial charge in [-0.05, 0) is 48.6 Å². The van der Waals surface area contributed by atoms with Crippen LogP contribution in [0.5, 0.6) is 0 Å². The van der Waals surface area contributed by atoms with Crippen LogP contribution in [-0.4, -0.2) is 25.2 Å². The Morgan fingerprint density at radius 3 is 2.22 bits per heavy atom. The fraction of sp³-hybridized carbons (Fsp3) is 0.227. The predicted octanol–water partition coefficient (Wildman–Crippen LogP) is 3.39. The van der Waals surface area contributed by atoms with E-state index in [1.165, 1.54) is 0 Å². The summed E-state index contributed by atoms with van der Waals surface area (Å²) >= 11 is 0. The highest BCUT2D eigenvalue weighted by Gasteiger charge is 2.32. The number of carbonyl (C=O) groups is 2. The first kappa shape index (κ1) is 18.4. The van der Waals surface area contributed by atoms with Gasteiger partial charge in [0.15, 0.2) is 5.57 Å². The lowest BCUT2D eigenvalue weighted by Crippen LogP contribution is -2.22. The SMILES string of the molecule is CCOC(=O)C(C(=O)OCC)=C1c2ccccc2Cc2c(C#N)cccc21. The molecule has 0 heterocycles. The van der Waals surface area contributed by atoms with Gasteiger partial charge < -0.3 is 9.47 Å². The van der Waals surface area contributed by atoms with E-state index in [0.717, 1.165) is 16.7 Å². The highest BCUT2D eigenvalue weighted by atomic mass is 16.6. The van der Waals surface area contributed by atoms with Crippen LogP contribution in [0.3, 0.4) is 0 Å². The van der Waals surface area contributed by atoms with Gasteiger partial charge in [-0.3, -0.25) is 0 Å². The minimum atomic E-state index is -0.726. The van der Waals surface area contributed by atoms with E-state index in [9.17, 15) is 14.9 Å². The quantitative estimate of drug-likeness (QED) is 0.308. The van der Waals surface area contributed by atoms with E-state index in [4.69, 9.17) is 9.47 Å². The van der Waals surface area contributed by atoms with Gasteiger partial charge in [-0.15, -0.1) is 0 Å². The molecule has 2 aromatic rings. The molecule has 27 heavy (non-hydrogen) atoms. The fourth-order valence-corrected chi connectivity index (χ4v) is 3.33. The average molecular weight is 361 g/mol. The topological polar surface area (TPSA) is 76.4 Å². The number of nitrogens with zero attached hydrogens (tertiary/aromatic N) is 1. The molecule has 0 fully saturated rings. The zero-order chi connectivity index (χ0) is 19.4. The van der Waals surface area contributed by atoms with E-state index in [1.54, 1.807) is 26.0 Å². The Hall–Kier alpha value is -3.39. The van der Waals surface area contributed by atoms with Gasteiger partial charge in [0.1, 0.15) is 0 Å². The summed E-state index contributed by atoms with van der Waals surface area (Å²) in [5, 5.41) is 9.50. The number of hydrogen-bond donors (Lipinski definition) is 0. The second kappa shape index (κ2) is 7.88. The summed E-state index contributed by atoms with van der Waals surface area (Å²) in [6.07, 6.45) is 0.553. The van der Waals surface area contributed by atoms with Gasteiger partial charge in [0.05, 0.1) is 24.8 Å². The van der Waals surface area contributed by atoms with Crippen molar-refractivity contribution in [2.45, 2.75) is 20.3 Å². The third-order valence-corrected chi connectivity index (χ3v) is 4.43. The van der Waals surface area contributed by atoms with Gasteiger partial charge in [-0.2, -0.15) is 5.26 Å². The number of rotatable bonds is 4. The molecule has 0 aromatic heterocycles. The molecule has 5 heteroatoms. The molecule has 5 nitrogen and oxygen atoms in total. The summed E-state index contributed by atoms with van der Waals surface area (Å²) in [6.45, 7) is 3.65. The molecule has 0 atom stereocenters. The number of hydrogen-bond acceptors (Lipinski definition) is 5. The second-order valence-corrected chi connectivity index (χ2v) is 5.97. The van der Waals surface area contributed by atoms with Crippen molar-refractivity contribution in [3.8, 4) is 6.07 Å². The lowest BCUT2D eigenvalue weighted by atomic mass is 9.78. The van der Waals surface area contributed by atoms with E-state index in [2.05, 4.69) is 6.07 Å². The van der Waals surface area contributed by atoms with Gasteiger partial charge in [-0.1, -0.05) is 36.4 Å². The summed E-state index contributed by atoms with van der Waals surface area (Å²) in [5.41, 5.74) is 4.03. The molecule has 0 unspecified atom stereocenters. The normalized spacial score (nSPS) is 11.7. The standard InChI is InChI=1S/C22H19NO4/c1-3-26-21(24)20(22(25)27-4-2)19-16-10-6-5-8-14(16)12-18-15(13-23)9-7-11-17(18)19/h5-11H,3-4,12H2,1-2H3. The minimum Gasteiger partial charge on any atom is -0.462 e. The van der Waals surface area contributed by atoms with Crippen LogP contribution in [0, 0.1) is 11.3 Å². The molecule has 0 amide bonds. The Morgan fingerprint density at radius 2 is 1.59 bits per heavy atom. The van der Waals surface area contributed by atoms with E-state index >= 15 is 0 Å². The molecule has 2 aromatic carbocycles. The zero-order valence-corrected chi connectivity index (χ0v) is 15.2. The molecule has 0 spiro atoms. The number of esters is 2. The Kier molecular flexibility index (Phi) is 5.37. The Labute approximate surface area is 157 Å². The molecule has 0 N–H and O–H groups in total. The number of carbonyl (C=O) groups excluding carboxylic acids is 2. The van der Waals surface area contributed by atoms with Gasteiger partial charge in [0.25, 0.3) is 0 Å². The van der Waals surface area contributed by atoms with Crippen molar-refractivity contribution >= 4 is 17.5 Å². The summed E-state index contributed by atoms with van der Waals surface area (Å²) in [5.74, 6) is -1.45. The molecule has 3 rings (SSSR count). The highest BCUT2D eigenvalue weighted by molar-refractivity contribution is 6.22. The second-order valence-electron chi connectivity index (χ2n) is 5.97. The minimum absolute atomic E-state index is 0.137. The van der Waals surface area contributed by atoms with Crippen molar-refractivity contribution in [3.63, 3.8) is 0 Å². The molecule has 0 saturated carbocycles. The van der Waals surface area contributed by atoms with Crippen molar-refractivity contribution in [1.82, 2.24) is 0 Å². The summed E-state index contributed by atoms with van der Waals surface area (Å²) in [4.78, 5) is 25.4. The Morgan fingerprint density at radius 1 is 0.963 bits per heavy atom. The molecule has 1 aliphatic carbocycles. The summed E-state index contributed by atoms with van der Waals surface area (Å²) < 4.78 is 10.3. The maximum absolute atomic E-state index is 12.7. The van der Waals surface area contributed by atoms with Crippen molar-refractivity contribution in [2.75, 3.05) is 13.2 Å². The molecule has 0 radical (unpaired) electrons. The van der Waals surface area contributed by atoms with Gasteiger partial charge in [0.2, 0.25) is 0 Å². The van der Waals surface area contributed by atoms with Crippen molar-refractivity contribution in [1.29, 1.82) is 5.26 Å². The molecular weight excluding hydrogens is 342 g/mol.